The van der Waals surface area contributed by atoms with Crippen LogP contribution in [0.3, 0.4) is 0 Å². The Morgan fingerprint density at radius 3 is 2.39 bits per heavy atom. The summed E-state index contributed by atoms with van der Waals surface area (Å²) < 4.78 is 1.39. The lowest BCUT2D eigenvalue weighted by Gasteiger charge is -2.18. The first-order valence-corrected chi connectivity index (χ1v) is 9.40. The van der Waals surface area contributed by atoms with E-state index in [1.54, 1.807) is 12.3 Å². The molecule has 0 spiro atoms. The lowest BCUT2D eigenvalue weighted by Crippen LogP contribution is -2.16. The molecule has 0 fully saturated rings. The molecule has 0 saturated heterocycles. The summed E-state index contributed by atoms with van der Waals surface area (Å²) in [6.07, 6.45) is 3.14. The van der Waals surface area contributed by atoms with E-state index in [0.29, 0.717) is 18.0 Å². The standard InChI is InChI=1S/C22H23N5O/c1-22(2,3)16-9-7-15(8-10-16)20-25-21-24-18(14-19(28)27(21)26-20)12-11-17-6-4-5-13-23-17/h4-10,13-14H,11-12H2,1-3H3,(H,24,25,26). The van der Waals surface area contributed by atoms with Crippen LogP contribution >= 0.6 is 0 Å². The van der Waals surface area contributed by atoms with Crippen LogP contribution in [0.4, 0.5) is 0 Å². The molecular formula is C22H23N5O. The predicted octanol–water partition coefficient (Wildman–Crippen LogP) is 3.56. The molecule has 0 aliphatic rings. The van der Waals surface area contributed by atoms with Crippen molar-refractivity contribution in [2.24, 2.45) is 0 Å². The molecule has 6 nitrogen and oxygen atoms in total. The fourth-order valence-corrected chi connectivity index (χ4v) is 3.11. The number of benzene rings is 1. The number of nitrogens with zero attached hydrogens (tertiary/aromatic N) is 4. The number of pyridine rings is 1. The predicted molar refractivity (Wildman–Crippen MR) is 109 cm³/mol. The van der Waals surface area contributed by atoms with Gasteiger partial charge in [0.25, 0.3) is 11.3 Å². The number of fused-ring (bicyclic) bond motifs is 1. The molecule has 0 radical (unpaired) electrons. The zero-order valence-electron chi connectivity index (χ0n) is 16.3. The Kier molecular flexibility index (Phi) is 4.55. The lowest BCUT2D eigenvalue weighted by atomic mass is 9.87. The lowest BCUT2D eigenvalue weighted by molar-refractivity contribution is 0.590. The van der Waals surface area contributed by atoms with Crippen LogP contribution in [-0.4, -0.2) is 24.6 Å². The van der Waals surface area contributed by atoms with Gasteiger partial charge >= 0.3 is 0 Å². The minimum absolute atomic E-state index is 0.0907. The monoisotopic (exact) mass is 373 g/mol. The Bertz CT molecular complexity index is 1150. The fraction of sp³-hybridized carbons (Fsp3) is 0.273. The molecule has 142 valence electrons. The molecule has 6 heteroatoms. The third-order valence-corrected chi connectivity index (χ3v) is 4.77. The van der Waals surface area contributed by atoms with Crippen LogP contribution in [0.15, 0.2) is 59.5 Å². The molecule has 1 N–H and O–H groups in total. The van der Waals surface area contributed by atoms with Gasteiger partial charge < -0.3 is 0 Å². The second-order valence-corrected chi connectivity index (χ2v) is 7.94. The zero-order valence-corrected chi connectivity index (χ0v) is 16.3. The Morgan fingerprint density at radius 2 is 1.71 bits per heavy atom. The molecule has 3 heterocycles. The van der Waals surface area contributed by atoms with E-state index in [1.165, 1.54) is 10.1 Å². The molecular weight excluding hydrogens is 350 g/mol. The molecule has 0 bridgehead atoms. The largest absolute Gasteiger partial charge is 0.274 e. The summed E-state index contributed by atoms with van der Waals surface area (Å²) in [5.41, 5.74) is 3.80. The number of hydrogen-bond donors (Lipinski definition) is 1. The van der Waals surface area contributed by atoms with Gasteiger partial charge in [-0.1, -0.05) is 51.1 Å². The van der Waals surface area contributed by atoms with Crippen LogP contribution in [0.1, 0.15) is 37.7 Å². The Labute approximate surface area is 163 Å². The number of rotatable bonds is 4. The van der Waals surface area contributed by atoms with E-state index in [4.69, 9.17) is 0 Å². The summed E-state index contributed by atoms with van der Waals surface area (Å²) >= 11 is 0. The van der Waals surface area contributed by atoms with Gasteiger partial charge in [0.15, 0.2) is 5.82 Å². The summed E-state index contributed by atoms with van der Waals surface area (Å²) in [7, 11) is 0. The quantitative estimate of drug-likeness (QED) is 0.593. The number of hydrogen-bond acceptors (Lipinski definition) is 4. The van der Waals surface area contributed by atoms with Gasteiger partial charge in [-0.25, -0.2) is 4.98 Å². The molecule has 0 saturated carbocycles. The van der Waals surface area contributed by atoms with Gasteiger partial charge in [0.2, 0.25) is 0 Å². The van der Waals surface area contributed by atoms with Gasteiger partial charge in [-0.15, -0.1) is 0 Å². The zero-order chi connectivity index (χ0) is 19.7. The van der Waals surface area contributed by atoms with Crippen LogP contribution in [0.5, 0.6) is 0 Å². The highest BCUT2D eigenvalue weighted by atomic mass is 16.1. The number of aromatic amines is 1. The van der Waals surface area contributed by atoms with Crippen molar-refractivity contribution >= 4 is 5.78 Å². The van der Waals surface area contributed by atoms with Crippen molar-refractivity contribution in [3.63, 3.8) is 0 Å². The third-order valence-electron chi connectivity index (χ3n) is 4.77. The molecule has 28 heavy (non-hydrogen) atoms. The van der Waals surface area contributed by atoms with Crippen molar-refractivity contribution in [3.8, 4) is 11.4 Å². The number of H-pyrrole nitrogens is 1. The van der Waals surface area contributed by atoms with Gasteiger partial charge in [-0.3, -0.25) is 14.9 Å². The Balaban J connectivity index is 1.62. The minimum Gasteiger partial charge on any atom is -0.271 e. The molecule has 0 unspecified atom stereocenters. The maximum Gasteiger partial charge on any atom is 0.274 e. The number of aryl methyl sites for hydroxylation is 2. The summed E-state index contributed by atoms with van der Waals surface area (Å²) in [6, 6.07) is 15.6. The molecule has 4 rings (SSSR count). The molecule has 0 amide bonds. The average molecular weight is 373 g/mol. The van der Waals surface area contributed by atoms with Crippen molar-refractivity contribution in [3.05, 3.63) is 82.0 Å². The summed E-state index contributed by atoms with van der Waals surface area (Å²) in [6.45, 7) is 6.54. The highest BCUT2D eigenvalue weighted by molar-refractivity contribution is 5.57. The van der Waals surface area contributed by atoms with Crippen LogP contribution in [-0.2, 0) is 18.3 Å². The van der Waals surface area contributed by atoms with E-state index in [9.17, 15) is 4.79 Å². The van der Waals surface area contributed by atoms with Crippen molar-refractivity contribution < 1.29 is 0 Å². The molecule has 3 aromatic heterocycles. The van der Waals surface area contributed by atoms with Crippen molar-refractivity contribution in [2.75, 3.05) is 0 Å². The van der Waals surface area contributed by atoms with Crippen LogP contribution in [0.25, 0.3) is 17.2 Å². The average Bonchev–Trinajstić information content (AvgIpc) is 3.11. The topological polar surface area (TPSA) is 75.9 Å². The van der Waals surface area contributed by atoms with Gasteiger partial charge in [-0.2, -0.15) is 9.50 Å². The van der Waals surface area contributed by atoms with E-state index < -0.39 is 0 Å². The molecule has 0 aliphatic heterocycles. The van der Waals surface area contributed by atoms with Crippen molar-refractivity contribution in [1.82, 2.24) is 24.6 Å². The van der Waals surface area contributed by atoms with E-state index in [-0.39, 0.29) is 11.0 Å². The summed E-state index contributed by atoms with van der Waals surface area (Å²) in [5, 5.41) is 3.06. The highest BCUT2D eigenvalue weighted by Crippen LogP contribution is 2.24. The first-order chi connectivity index (χ1) is 13.4. The second-order valence-electron chi connectivity index (χ2n) is 7.94. The van der Waals surface area contributed by atoms with E-state index in [1.807, 2.05) is 30.3 Å². The van der Waals surface area contributed by atoms with Gasteiger partial charge in [-0.05, 0) is 36.0 Å². The van der Waals surface area contributed by atoms with Crippen molar-refractivity contribution in [2.45, 2.75) is 39.0 Å². The summed E-state index contributed by atoms with van der Waals surface area (Å²) in [4.78, 5) is 25.9. The normalized spacial score (nSPS) is 11.8. The Hall–Kier alpha value is -3.28. The molecule has 0 atom stereocenters. The van der Waals surface area contributed by atoms with Gasteiger partial charge in [0.05, 0.1) is 5.69 Å². The summed E-state index contributed by atoms with van der Waals surface area (Å²) in [5.74, 6) is 1.02. The third kappa shape index (κ3) is 3.71. The fourth-order valence-electron chi connectivity index (χ4n) is 3.11. The van der Waals surface area contributed by atoms with Crippen LogP contribution in [0.2, 0.25) is 0 Å². The second kappa shape index (κ2) is 7.03. The number of nitrogens with one attached hydrogen (secondary N) is 1. The Morgan fingerprint density at radius 1 is 0.964 bits per heavy atom. The maximum absolute atomic E-state index is 12.5. The SMILES string of the molecule is CC(C)(C)c1ccc(-c2nc3nc(CCc4ccccn4)cc(=O)n3[nH]2)cc1. The first-order valence-electron chi connectivity index (χ1n) is 9.40. The highest BCUT2D eigenvalue weighted by Gasteiger charge is 2.14. The van der Waals surface area contributed by atoms with Gasteiger partial charge in [0, 0.05) is 23.5 Å². The maximum atomic E-state index is 12.5. The van der Waals surface area contributed by atoms with E-state index >= 15 is 0 Å². The van der Waals surface area contributed by atoms with E-state index in [2.05, 4.69) is 53.0 Å². The van der Waals surface area contributed by atoms with Crippen molar-refractivity contribution in [1.29, 1.82) is 0 Å². The number of aromatic nitrogens is 5. The van der Waals surface area contributed by atoms with Gasteiger partial charge in [0.1, 0.15) is 0 Å². The van der Waals surface area contributed by atoms with E-state index in [0.717, 1.165) is 23.4 Å². The van der Waals surface area contributed by atoms with Crippen LogP contribution in [0, 0.1) is 0 Å². The minimum atomic E-state index is -0.161. The van der Waals surface area contributed by atoms with Crippen LogP contribution < -0.4 is 5.56 Å². The molecule has 1 aromatic carbocycles. The molecule has 4 aromatic rings. The first kappa shape index (κ1) is 18.1. The molecule has 0 aliphatic carbocycles. The smallest absolute Gasteiger partial charge is 0.271 e.